The number of rotatable bonds is 6. The third-order valence-electron chi connectivity index (χ3n) is 3.16. The van der Waals surface area contributed by atoms with Gasteiger partial charge in [0.2, 0.25) is 0 Å². The topological polar surface area (TPSA) is 33.2 Å². The lowest BCUT2D eigenvalue weighted by molar-refractivity contribution is 0.0924. The molecule has 0 fully saturated rings. The van der Waals surface area contributed by atoms with Crippen LogP contribution < -0.4 is 0 Å². The Morgan fingerprint density at radius 2 is 2.05 bits per heavy atom. The molecule has 2 rings (SSSR count). The first-order valence-electron chi connectivity index (χ1n) is 6.70. The largest absolute Gasteiger partial charge is 0.293 e. The number of Topliss-reactive ketones (excluding diaryl/α,β-unsaturated/α-hetero) is 1. The Morgan fingerprint density at radius 3 is 2.67 bits per heavy atom. The van der Waals surface area contributed by atoms with Crippen LogP contribution in [0.2, 0.25) is 0 Å². The Kier molecular flexibility index (Phi) is 5.11. The smallest absolute Gasteiger partial charge is 0.179 e. The number of carbonyl (C=O) groups excluding carboxylic acids is 1. The highest BCUT2D eigenvalue weighted by atomic mass is 19.1. The van der Waals surface area contributed by atoms with E-state index in [0.717, 1.165) is 17.8 Å². The SMILES string of the molecule is CCN(CC(=O)c1ccc(F)cc1F)Cc1ccccn1. The standard InChI is InChI=1S/C16H16F2N2O/c1-2-20(10-13-5-3-4-8-19-13)11-16(21)14-7-6-12(17)9-15(14)18/h3-9H,2,10-11H2,1H3. The molecule has 0 aliphatic carbocycles. The second-order valence-corrected chi connectivity index (χ2v) is 4.67. The lowest BCUT2D eigenvalue weighted by Gasteiger charge is -2.19. The summed E-state index contributed by atoms with van der Waals surface area (Å²) in [7, 11) is 0. The molecule has 0 aliphatic rings. The van der Waals surface area contributed by atoms with Crippen LogP contribution in [-0.4, -0.2) is 28.8 Å². The van der Waals surface area contributed by atoms with Crippen molar-refractivity contribution >= 4 is 5.78 Å². The number of hydrogen-bond acceptors (Lipinski definition) is 3. The van der Waals surface area contributed by atoms with Crippen molar-refractivity contribution in [2.45, 2.75) is 13.5 Å². The minimum absolute atomic E-state index is 0.0651. The molecule has 0 bridgehead atoms. The molecule has 0 saturated carbocycles. The zero-order chi connectivity index (χ0) is 15.2. The van der Waals surface area contributed by atoms with Gasteiger partial charge in [0.25, 0.3) is 0 Å². The fraction of sp³-hybridized carbons (Fsp3) is 0.250. The lowest BCUT2D eigenvalue weighted by atomic mass is 10.1. The van der Waals surface area contributed by atoms with Crippen molar-refractivity contribution < 1.29 is 13.6 Å². The van der Waals surface area contributed by atoms with Crippen molar-refractivity contribution in [2.75, 3.05) is 13.1 Å². The minimum atomic E-state index is -0.825. The van der Waals surface area contributed by atoms with Crippen molar-refractivity contribution in [3.63, 3.8) is 0 Å². The Labute approximate surface area is 122 Å². The number of nitrogens with zero attached hydrogens (tertiary/aromatic N) is 2. The van der Waals surface area contributed by atoms with Crippen LogP contribution in [0.25, 0.3) is 0 Å². The third kappa shape index (κ3) is 4.16. The molecule has 0 N–H and O–H groups in total. The fourth-order valence-electron chi connectivity index (χ4n) is 2.00. The van der Waals surface area contributed by atoms with Crippen LogP contribution in [-0.2, 0) is 6.54 Å². The van der Waals surface area contributed by atoms with Crippen LogP contribution >= 0.6 is 0 Å². The highest BCUT2D eigenvalue weighted by Crippen LogP contribution is 2.11. The molecule has 5 heteroatoms. The molecule has 0 atom stereocenters. The van der Waals surface area contributed by atoms with Crippen molar-refractivity contribution in [2.24, 2.45) is 0 Å². The molecule has 0 spiro atoms. The van der Waals surface area contributed by atoms with Crippen LogP contribution in [0.15, 0.2) is 42.6 Å². The molecule has 0 aliphatic heterocycles. The van der Waals surface area contributed by atoms with Crippen molar-refractivity contribution in [1.29, 1.82) is 0 Å². The average Bonchev–Trinajstić information content (AvgIpc) is 2.47. The highest BCUT2D eigenvalue weighted by molar-refractivity contribution is 5.97. The van der Waals surface area contributed by atoms with Gasteiger partial charge in [-0.25, -0.2) is 8.78 Å². The van der Waals surface area contributed by atoms with Gasteiger partial charge in [-0.2, -0.15) is 0 Å². The van der Waals surface area contributed by atoms with Gasteiger partial charge in [-0.05, 0) is 30.8 Å². The summed E-state index contributed by atoms with van der Waals surface area (Å²) in [5.41, 5.74) is 0.752. The van der Waals surface area contributed by atoms with Crippen molar-refractivity contribution in [1.82, 2.24) is 9.88 Å². The second-order valence-electron chi connectivity index (χ2n) is 4.67. The van der Waals surface area contributed by atoms with E-state index in [-0.39, 0.29) is 17.9 Å². The van der Waals surface area contributed by atoms with Gasteiger partial charge in [-0.15, -0.1) is 0 Å². The molecule has 3 nitrogen and oxygen atoms in total. The van der Waals surface area contributed by atoms with Crippen LogP contribution in [0.1, 0.15) is 23.0 Å². The average molecular weight is 290 g/mol. The first-order chi connectivity index (χ1) is 10.1. The molecule has 2 aromatic rings. The molecular formula is C16H16F2N2O. The van der Waals surface area contributed by atoms with Crippen LogP contribution in [0, 0.1) is 11.6 Å². The molecule has 1 aromatic carbocycles. The molecule has 21 heavy (non-hydrogen) atoms. The normalized spacial score (nSPS) is 10.9. The van der Waals surface area contributed by atoms with E-state index < -0.39 is 11.6 Å². The fourth-order valence-corrected chi connectivity index (χ4v) is 2.00. The summed E-state index contributed by atoms with van der Waals surface area (Å²) >= 11 is 0. The molecule has 1 aromatic heterocycles. The van der Waals surface area contributed by atoms with Gasteiger partial charge in [-0.1, -0.05) is 13.0 Å². The van der Waals surface area contributed by atoms with E-state index in [9.17, 15) is 13.6 Å². The van der Waals surface area contributed by atoms with E-state index in [4.69, 9.17) is 0 Å². The number of hydrogen-bond donors (Lipinski definition) is 0. The number of aromatic nitrogens is 1. The highest BCUT2D eigenvalue weighted by Gasteiger charge is 2.16. The second kappa shape index (κ2) is 7.04. The summed E-state index contributed by atoms with van der Waals surface area (Å²) in [6, 6.07) is 8.55. The van der Waals surface area contributed by atoms with Gasteiger partial charge in [0.05, 0.1) is 17.8 Å². The monoisotopic (exact) mass is 290 g/mol. The van der Waals surface area contributed by atoms with Crippen LogP contribution in [0.4, 0.5) is 8.78 Å². The first-order valence-corrected chi connectivity index (χ1v) is 6.70. The van der Waals surface area contributed by atoms with E-state index in [1.165, 1.54) is 6.07 Å². The van der Waals surface area contributed by atoms with E-state index in [1.54, 1.807) is 6.20 Å². The maximum atomic E-state index is 13.6. The van der Waals surface area contributed by atoms with E-state index in [0.29, 0.717) is 13.1 Å². The van der Waals surface area contributed by atoms with Crippen molar-refractivity contribution in [3.8, 4) is 0 Å². The third-order valence-corrected chi connectivity index (χ3v) is 3.16. The van der Waals surface area contributed by atoms with Gasteiger partial charge >= 0.3 is 0 Å². The molecule has 1 heterocycles. The Hall–Kier alpha value is -2.14. The van der Waals surface area contributed by atoms with Gasteiger partial charge in [0.1, 0.15) is 11.6 Å². The maximum absolute atomic E-state index is 13.6. The summed E-state index contributed by atoms with van der Waals surface area (Å²) in [5, 5.41) is 0. The first kappa shape index (κ1) is 15.3. The molecule has 0 unspecified atom stereocenters. The van der Waals surface area contributed by atoms with Gasteiger partial charge in [-0.3, -0.25) is 14.7 Å². The number of ketones is 1. The molecule has 0 saturated heterocycles. The van der Waals surface area contributed by atoms with Gasteiger partial charge in [0, 0.05) is 18.8 Å². The quantitative estimate of drug-likeness (QED) is 0.767. The predicted molar refractivity (Wildman–Crippen MR) is 75.9 cm³/mol. The number of benzene rings is 1. The Bertz CT molecular complexity index is 617. The van der Waals surface area contributed by atoms with E-state index >= 15 is 0 Å². The lowest BCUT2D eigenvalue weighted by Crippen LogP contribution is -2.30. The number of carbonyl (C=O) groups is 1. The molecular weight excluding hydrogens is 274 g/mol. The minimum Gasteiger partial charge on any atom is -0.293 e. The van der Waals surface area contributed by atoms with E-state index in [1.807, 2.05) is 30.0 Å². The summed E-state index contributed by atoms with van der Waals surface area (Å²) < 4.78 is 26.4. The van der Waals surface area contributed by atoms with Gasteiger partial charge in [0.15, 0.2) is 5.78 Å². The predicted octanol–water partition coefficient (Wildman–Crippen LogP) is 3.06. The maximum Gasteiger partial charge on any atom is 0.179 e. The van der Waals surface area contributed by atoms with Crippen molar-refractivity contribution in [3.05, 3.63) is 65.5 Å². The Morgan fingerprint density at radius 1 is 1.24 bits per heavy atom. The summed E-state index contributed by atoms with van der Waals surface area (Å²) in [6.07, 6.45) is 1.69. The number of likely N-dealkylation sites (N-methyl/N-ethyl adjacent to an activating group) is 1. The molecule has 0 amide bonds. The molecule has 110 valence electrons. The zero-order valence-corrected chi connectivity index (χ0v) is 11.7. The van der Waals surface area contributed by atoms with Crippen LogP contribution in [0.5, 0.6) is 0 Å². The number of pyridine rings is 1. The molecule has 0 radical (unpaired) electrons. The summed E-state index contributed by atoms with van der Waals surface area (Å²) in [5.74, 6) is -1.89. The van der Waals surface area contributed by atoms with E-state index in [2.05, 4.69) is 4.98 Å². The zero-order valence-electron chi connectivity index (χ0n) is 11.7. The van der Waals surface area contributed by atoms with Gasteiger partial charge < -0.3 is 0 Å². The van der Waals surface area contributed by atoms with Crippen LogP contribution in [0.3, 0.4) is 0 Å². The summed E-state index contributed by atoms with van der Waals surface area (Å²) in [4.78, 5) is 18.2. The Balaban J connectivity index is 2.06. The summed E-state index contributed by atoms with van der Waals surface area (Å²) in [6.45, 7) is 3.11. The number of halogens is 2.